The topological polar surface area (TPSA) is 78.9 Å². The Morgan fingerprint density at radius 2 is 1.92 bits per heavy atom. The Labute approximate surface area is 146 Å². The first kappa shape index (κ1) is 16.8. The summed E-state index contributed by atoms with van der Waals surface area (Å²) < 4.78 is 5.07. The number of amides is 1. The van der Waals surface area contributed by atoms with Gasteiger partial charge in [-0.25, -0.2) is 4.79 Å². The molecule has 1 aliphatic heterocycles. The second-order valence-corrected chi connectivity index (χ2v) is 5.91. The number of para-hydroxylation sites is 1. The molecule has 0 spiro atoms. The maximum atomic E-state index is 12.4. The highest BCUT2D eigenvalue weighted by molar-refractivity contribution is 5.87. The molecule has 0 saturated carbocycles. The summed E-state index contributed by atoms with van der Waals surface area (Å²) in [4.78, 5) is 25.9. The number of hydrogen-bond acceptors (Lipinski definition) is 4. The van der Waals surface area contributed by atoms with E-state index >= 15 is 0 Å². The summed E-state index contributed by atoms with van der Waals surface area (Å²) >= 11 is 0. The van der Waals surface area contributed by atoms with E-state index in [-0.39, 0.29) is 12.5 Å². The van der Waals surface area contributed by atoms with Gasteiger partial charge >= 0.3 is 5.97 Å². The van der Waals surface area contributed by atoms with Gasteiger partial charge in [0.25, 0.3) is 0 Å². The second-order valence-electron chi connectivity index (χ2n) is 5.91. The predicted molar refractivity (Wildman–Crippen MR) is 93.9 cm³/mol. The fraction of sp³-hybridized carbons (Fsp3) is 0.263. The maximum absolute atomic E-state index is 12.4. The number of rotatable bonds is 6. The van der Waals surface area contributed by atoms with Crippen LogP contribution >= 0.6 is 0 Å². The van der Waals surface area contributed by atoms with Gasteiger partial charge in [0.2, 0.25) is 5.91 Å². The number of ether oxygens (including phenoxy) is 1. The molecule has 2 N–H and O–H groups in total. The minimum atomic E-state index is -1.10. The summed E-state index contributed by atoms with van der Waals surface area (Å²) in [6, 6.07) is 13.5. The third-order valence-electron chi connectivity index (χ3n) is 4.32. The zero-order valence-corrected chi connectivity index (χ0v) is 13.9. The first-order chi connectivity index (χ1) is 12.1. The number of carboxylic acids is 1. The Morgan fingerprint density at radius 1 is 1.20 bits per heavy atom. The van der Waals surface area contributed by atoms with Crippen molar-refractivity contribution in [2.75, 3.05) is 25.1 Å². The molecule has 1 aliphatic rings. The van der Waals surface area contributed by atoms with Crippen LogP contribution in [0.3, 0.4) is 0 Å². The van der Waals surface area contributed by atoms with Crippen LogP contribution < -0.4 is 15.0 Å². The fourth-order valence-corrected chi connectivity index (χ4v) is 3.03. The summed E-state index contributed by atoms with van der Waals surface area (Å²) in [5.74, 6) is -0.784. The molecule has 25 heavy (non-hydrogen) atoms. The van der Waals surface area contributed by atoms with E-state index in [0.29, 0.717) is 11.3 Å². The first-order valence-electron chi connectivity index (χ1n) is 8.07. The van der Waals surface area contributed by atoms with Crippen LogP contribution in [0.15, 0.2) is 48.5 Å². The van der Waals surface area contributed by atoms with E-state index in [2.05, 4.69) is 5.32 Å². The maximum Gasteiger partial charge on any atom is 0.330 e. The number of benzene rings is 2. The molecule has 0 saturated heterocycles. The van der Waals surface area contributed by atoms with E-state index in [0.717, 1.165) is 18.7 Å². The number of nitrogens with zero attached hydrogens (tertiary/aromatic N) is 1. The molecule has 3 rings (SSSR count). The number of hydrogen-bond donors (Lipinski definition) is 2. The molecule has 1 heterocycles. The fourth-order valence-electron chi connectivity index (χ4n) is 3.03. The molecular formula is C19H20N2O4. The van der Waals surface area contributed by atoms with Gasteiger partial charge in [0.1, 0.15) is 5.75 Å². The van der Waals surface area contributed by atoms with E-state index in [9.17, 15) is 14.7 Å². The number of nitrogens with one attached hydrogen (secondary N) is 1. The third kappa shape index (κ3) is 3.74. The molecule has 1 amide bonds. The number of carbonyl (C=O) groups excluding carboxylic acids is 1. The molecule has 0 aromatic heterocycles. The highest BCUT2D eigenvalue weighted by Gasteiger charge is 2.25. The molecule has 0 aliphatic carbocycles. The molecule has 6 heteroatoms. The van der Waals surface area contributed by atoms with Crippen molar-refractivity contribution < 1.29 is 19.4 Å². The second kappa shape index (κ2) is 7.25. The highest BCUT2D eigenvalue weighted by atomic mass is 16.5. The normalized spacial score (nSPS) is 13.9. The first-order valence-corrected chi connectivity index (χ1v) is 8.07. The van der Waals surface area contributed by atoms with Gasteiger partial charge in [0.05, 0.1) is 13.7 Å². The van der Waals surface area contributed by atoms with Crippen LogP contribution in [-0.2, 0) is 16.0 Å². The number of carbonyl (C=O) groups is 2. The summed E-state index contributed by atoms with van der Waals surface area (Å²) in [5, 5.41) is 12.1. The molecule has 0 radical (unpaired) electrons. The predicted octanol–water partition coefficient (Wildman–Crippen LogP) is 2.00. The Hall–Kier alpha value is -3.02. The van der Waals surface area contributed by atoms with Crippen molar-refractivity contribution in [2.45, 2.75) is 12.5 Å². The number of methoxy groups -OCH3 is 1. The molecule has 1 unspecified atom stereocenters. The number of aliphatic carboxylic acids is 1. The summed E-state index contributed by atoms with van der Waals surface area (Å²) in [6.07, 6.45) is 0.893. The van der Waals surface area contributed by atoms with Gasteiger partial charge in [-0.05, 0) is 35.7 Å². The van der Waals surface area contributed by atoms with Crippen molar-refractivity contribution in [2.24, 2.45) is 0 Å². The van der Waals surface area contributed by atoms with Crippen LogP contribution in [0, 0.1) is 0 Å². The SMILES string of the molecule is COc1ccc(C(NC(=O)CN2CCc3ccccc32)C(=O)O)cc1. The smallest absolute Gasteiger partial charge is 0.330 e. The lowest BCUT2D eigenvalue weighted by molar-refractivity contribution is -0.141. The van der Waals surface area contributed by atoms with Crippen molar-refractivity contribution >= 4 is 17.6 Å². The largest absolute Gasteiger partial charge is 0.497 e. The number of fused-ring (bicyclic) bond motifs is 1. The average Bonchev–Trinajstić information content (AvgIpc) is 3.03. The lowest BCUT2D eigenvalue weighted by Crippen LogP contribution is -2.40. The molecule has 130 valence electrons. The van der Waals surface area contributed by atoms with Crippen LogP contribution in [0.25, 0.3) is 0 Å². The van der Waals surface area contributed by atoms with E-state index in [1.54, 1.807) is 31.4 Å². The van der Waals surface area contributed by atoms with Gasteiger partial charge in [0.15, 0.2) is 6.04 Å². The van der Waals surface area contributed by atoms with E-state index in [1.807, 2.05) is 29.2 Å². The van der Waals surface area contributed by atoms with Gasteiger partial charge in [-0.1, -0.05) is 30.3 Å². The van der Waals surface area contributed by atoms with Gasteiger partial charge in [-0.15, -0.1) is 0 Å². The summed E-state index contributed by atoms with van der Waals surface area (Å²) in [7, 11) is 1.54. The minimum Gasteiger partial charge on any atom is -0.497 e. The van der Waals surface area contributed by atoms with Crippen LogP contribution in [0.2, 0.25) is 0 Å². The van der Waals surface area contributed by atoms with Gasteiger partial charge < -0.3 is 20.1 Å². The van der Waals surface area contributed by atoms with Crippen LogP contribution in [-0.4, -0.2) is 37.2 Å². The highest BCUT2D eigenvalue weighted by Crippen LogP contribution is 2.27. The molecular weight excluding hydrogens is 320 g/mol. The van der Waals surface area contributed by atoms with Crippen molar-refractivity contribution in [3.63, 3.8) is 0 Å². The summed E-state index contributed by atoms with van der Waals surface area (Å²) in [5.41, 5.74) is 2.75. The minimum absolute atomic E-state index is 0.136. The lowest BCUT2D eigenvalue weighted by atomic mass is 10.1. The van der Waals surface area contributed by atoms with Crippen molar-refractivity contribution in [1.29, 1.82) is 0 Å². The quantitative estimate of drug-likeness (QED) is 0.841. The third-order valence-corrected chi connectivity index (χ3v) is 4.32. The number of carboxylic acid groups (broad SMARTS) is 1. The Bertz CT molecular complexity index is 773. The molecule has 2 aromatic carbocycles. The van der Waals surface area contributed by atoms with E-state index in [4.69, 9.17) is 4.74 Å². The molecule has 0 fully saturated rings. The summed E-state index contributed by atoms with van der Waals surface area (Å²) in [6.45, 7) is 0.893. The Morgan fingerprint density at radius 3 is 2.60 bits per heavy atom. The van der Waals surface area contributed by atoms with Crippen LogP contribution in [0.1, 0.15) is 17.2 Å². The van der Waals surface area contributed by atoms with Gasteiger partial charge in [-0.2, -0.15) is 0 Å². The van der Waals surface area contributed by atoms with Crippen LogP contribution in [0.5, 0.6) is 5.75 Å². The average molecular weight is 340 g/mol. The zero-order chi connectivity index (χ0) is 17.8. The molecule has 6 nitrogen and oxygen atoms in total. The van der Waals surface area contributed by atoms with Crippen molar-refractivity contribution in [1.82, 2.24) is 5.32 Å². The molecule has 2 aromatic rings. The molecule has 0 bridgehead atoms. The monoisotopic (exact) mass is 340 g/mol. The Kier molecular flexibility index (Phi) is 4.88. The van der Waals surface area contributed by atoms with Crippen LogP contribution in [0.4, 0.5) is 5.69 Å². The zero-order valence-electron chi connectivity index (χ0n) is 13.9. The lowest BCUT2D eigenvalue weighted by Gasteiger charge is -2.21. The van der Waals surface area contributed by atoms with E-state index in [1.165, 1.54) is 5.56 Å². The van der Waals surface area contributed by atoms with E-state index < -0.39 is 12.0 Å². The van der Waals surface area contributed by atoms with Gasteiger partial charge in [-0.3, -0.25) is 4.79 Å². The standard InChI is InChI=1S/C19H20N2O4/c1-25-15-8-6-14(7-9-15)18(19(23)24)20-17(22)12-21-11-10-13-4-2-3-5-16(13)21/h2-9,18H,10-12H2,1H3,(H,20,22)(H,23,24). The van der Waals surface area contributed by atoms with Crippen molar-refractivity contribution in [3.05, 3.63) is 59.7 Å². The Balaban J connectivity index is 1.68. The van der Waals surface area contributed by atoms with Gasteiger partial charge in [0, 0.05) is 12.2 Å². The number of anilines is 1. The van der Waals surface area contributed by atoms with Crippen molar-refractivity contribution in [3.8, 4) is 5.75 Å². The molecule has 1 atom stereocenters.